The standard InChI is InChI=1S/C14H14FN3O2.ClH/c1-8-6-12(18-20-8)14(19)17-11-3-2-9-7-16-5-4-10(9)13(11)15;/h2-3,6,16H,4-5,7H2,1H3,(H,17,19);1H. The first kappa shape index (κ1) is 15.5. The van der Waals surface area contributed by atoms with Crippen LogP contribution in [0.2, 0.25) is 0 Å². The van der Waals surface area contributed by atoms with Crippen molar-refractivity contribution in [3.8, 4) is 0 Å². The Hall–Kier alpha value is -1.92. The van der Waals surface area contributed by atoms with Crippen molar-refractivity contribution in [3.05, 3.63) is 46.6 Å². The minimum absolute atomic E-state index is 0. The summed E-state index contributed by atoms with van der Waals surface area (Å²) in [5, 5.41) is 9.32. The summed E-state index contributed by atoms with van der Waals surface area (Å²) in [4.78, 5) is 11.9. The van der Waals surface area contributed by atoms with Gasteiger partial charge in [-0.25, -0.2) is 4.39 Å². The molecule has 0 unspecified atom stereocenters. The zero-order valence-electron chi connectivity index (χ0n) is 11.4. The van der Waals surface area contributed by atoms with Crippen LogP contribution in [0, 0.1) is 12.7 Å². The second-order valence-corrected chi connectivity index (χ2v) is 4.77. The molecular formula is C14H15ClFN3O2. The number of aryl methyl sites for hydroxylation is 1. The van der Waals surface area contributed by atoms with E-state index in [0.717, 1.165) is 12.1 Å². The third-order valence-electron chi connectivity index (χ3n) is 3.32. The molecule has 21 heavy (non-hydrogen) atoms. The van der Waals surface area contributed by atoms with E-state index in [1.807, 2.05) is 6.07 Å². The molecule has 0 atom stereocenters. The van der Waals surface area contributed by atoms with Crippen LogP contribution in [0.1, 0.15) is 27.4 Å². The van der Waals surface area contributed by atoms with Gasteiger partial charge in [0.1, 0.15) is 11.6 Å². The van der Waals surface area contributed by atoms with Crippen molar-refractivity contribution in [2.75, 3.05) is 11.9 Å². The number of fused-ring (bicyclic) bond motifs is 1. The number of rotatable bonds is 2. The Labute approximate surface area is 127 Å². The molecule has 1 amide bonds. The second kappa shape index (κ2) is 6.24. The van der Waals surface area contributed by atoms with E-state index in [2.05, 4.69) is 15.8 Å². The lowest BCUT2D eigenvalue weighted by atomic mass is 9.99. The maximum absolute atomic E-state index is 14.3. The minimum atomic E-state index is -0.477. The van der Waals surface area contributed by atoms with Crippen LogP contribution in [0.15, 0.2) is 22.7 Å². The van der Waals surface area contributed by atoms with Crippen LogP contribution in [0.4, 0.5) is 10.1 Å². The van der Waals surface area contributed by atoms with E-state index < -0.39 is 5.91 Å². The normalized spacial score (nSPS) is 13.2. The molecule has 7 heteroatoms. The van der Waals surface area contributed by atoms with Gasteiger partial charge in [-0.3, -0.25) is 4.79 Å². The lowest BCUT2D eigenvalue weighted by Crippen LogP contribution is -2.25. The van der Waals surface area contributed by atoms with Crippen LogP contribution in [0.3, 0.4) is 0 Å². The topological polar surface area (TPSA) is 67.2 Å². The molecule has 1 aromatic heterocycles. The lowest BCUT2D eigenvalue weighted by molar-refractivity contribution is 0.101. The first-order chi connectivity index (χ1) is 9.65. The molecule has 112 valence electrons. The van der Waals surface area contributed by atoms with Crippen LogP contribution in [0.5, 0.6) is 0 Å². The van der Waals surface area contributed by atoms with Gasteiger partial charge in [-0.05, 0) is 37.1 Å². The van der Waals surface area contributed by atoms with E-state index >= 15 is 0 Å². The summed E-state index contributed by atoms with van der Waals surface area (Å²) in [6.45, 7) is 3.09. The van der Waals surface area contributed by atoms with Crippen molar-refractivity contribution in [2.24, 2.45) is 0 Å². The largest absolute Gasteiger partial charge is 0.361 e. The van der Waals surface area contributed by atoms with Gasteiger partial charge in [-0.1, -0.05) is 11.2 Å². The van der Waals surface area contributed by atoms with Gasteiger partial charge in [0.15, 0.2) is 5.69 Å². The summed E-state index contributed by atoms with van der Waals surface area (Å²) >= 11 is 0. The molecule has 1 aliphatic rings. The summed E-state index contributed by atoms with van der Waals surface area (Å²) in [5.74, 6) is -0.306. The van der Waals surface area contributed by atoms with E-state index in [1.54, 1.807) is 13.0 Å². The smallest absolute Gasteiger partial charge is 0.277 e. The molecule has 0 radical (unpaired) electrons. The van der Waals surface area contributed by atoms with E-state index in [1.165, 1.54) is 6.07 Å². The van der Waals surface area contributed by atoms with Crippen LogP contribution < -0.4 is 10.6 Å². The maximum Gasteiger partial charge on any atom is 0.277 e. The summed E-state index contributed by atoms with van der Waals surface area (Å²) in [6, 6.07) is 4.91. The number of anilines is 1. The van der Waals surface area contributed by atoms with Crippen molar-refractivity contribution in [1.29, 1.82) is 0 Å². The molecule has 0 saturated carbocycles. The molecule has 2 aromatic rings. The molecule has 0 fully saturated rings. The first-order valence-electron chi connectivity index (χ1n) is 6.41. The fraction of sp³-hybridized carbons (Fsp3) is 0.286. The number of hydrogen-bond donors (Lipinski definition) is 2. The van der Waals surface area contributed by atoms with Crippen molar-refractivity contribution < 1.29 is 13.7 Å². The minimum Gasteiger partial charge on any atom is -0.361 e. The Bertz CT molecular complexity index is 672. The molecule has 2 heterocycles. The molecule has 5 nitrogen and oxygen atoms in total. The highest BCUT2D eigenvalue weighted by molar-refractivity contribution is 6.02. The first-order valence-corrected chi connectivity index (χ1v) is 6.41. The number of carbonyl (C=O) groups is 1. The number of aromatic nitrogens is 1. The van der Waals surface area contributed by atoms with Crippen molar-refractivity contribution >= 4 is 24.0 Å². The summed E-state index contributed by atoms with van der Waals surface area (Å²) in [5.41, 5.74) is 1.92. The van der Waals surface area contributed by atoms with Crippen LogP contribution in [-0.2, 0) is 13.0 Å². The molecule has 1 aromatic carbocycles. The number of nitrogens with one attached hydrogen (secondary N) is 2. The van der Waals surface area contributed by atoms with Crippen molar-refractivity contribution in [3.63, 3.8) is 0 Å². The van der Waals surface area contributed by atoms with Gasteiger partial charge in [0.25, 0.3) is 5.91 Å². The quantitative estimate of drug-likeness (QED) is 0.894. The number of benzene rings is 1. The van der Waals surface area contributed by atoms with E-state index in [4.69, 9.17) is 4.52 Å². The van der Waals surface area contributed by atoms with Gasteiger partial charge in [-0.15, -0.1) is 12.4 Å². The number of halogens is 2. The SMILES string of the molecule is Cc1cc(C(=O)Nc2ccc3c(c2F)CCNC3)no1.Cl. The van der Waals surface area contributed by atoms with Gasteiger partial charge < -0.3 is 15.2 Å². The molecule has 0 aliphatic carbocycles. The molecule has 0 saturated heterocycles. The highest BCUT2D eigenvalue weighted by atomic mass is 35.5. The van der Waals surface area contributed by atoms with E-state index in [9.17, 15) is 9.18 Å². The average Bonchev–Trinajstić information content (AvgIpc) is 2.89. The van der Waals surface area contributed by atoms with Gasteiger partial charge in [0.05, 0.1) is 5.69 Å². The monoisotopic (exact) mass is 311 g/mol. The summed E-state index contributed by atoms with van der Waals surface area (Å²) in [6.07, 6.45) is 0.619. The second-order valence-electron chi connectivity index (χ2n) is 4.77. The molecule has 2 N–H and O–H groups in total. The zero-order valence-corrected chi connectivity index (χ0v) is 12.2. The number of amides is 1. The average molecular weight is 312 g/mol. The summed E-state index contributed by atoms with van der Waals surface area (Å²) < 4.78 is 19.2. The lowest BCUT2D eigenvalue weighted by Gasteiger charge is -2.19. The van der Waals surface area contributed by atoms with Gasteiger partial charge in [0.2, 0.25) is 0 Å². The third-order valence-corrected chi connectivity index (χ3v) is 3.32. The number of hydrogen-bond acceptors (Lipinski definition) is 4. The Kier molecular flexibility index (Phi) is 4.59. The number of carbonyl (C=O) groups excluding carboxylic acids is 1. The highest BCUT2D eigenvalue weighted by Crippen LogP contribution is 2.24. The van der Waals surface area contributed by atoms with Crippen molar-refractivity contribution in [1.82, 2.24) is 10.5 Å². The third kappa shape index (κ3) is 3.06. The Morgan fingerprint density at radius 3 is 3.00 bits per heavy atom. The van der Waals surface area contributed by atoms with Crippen LogP contribution in [-0.4, -0.2) is 17.6 Å². The van der Waals surface area contributed by atoms with Crippen molar-refractivity contribution in [2.45, 2.75) is 19.9 Å². The molecule has 0 spiro atoms. The molecule has 0 bridgehead atoms. The Morgan fingerprint density at radius 1 is 1.48 bits per heavy atom. The van der Waals surface area contributed by atoms with E-state index in [-0.39, 0.29) is 29.6 Å². The van der Waals surface area contributed by atoms with E-state index in [0.29, 0.717) is 24.3 Å². The molecular weight excluding hydrogens is 297 g/mol. The molecule has 3 rings (SSSR count). The summed E-state index contributed by atoms with van der Waals surface area (Å²) in [7, 11) is 0. The fourth-order valence-corrected chi connectivity index (χ4v) is 2.29. The Morgan fingerprint density at radius 2 is 2.29 bits per heavy atom. The van der Waals surface area contributed by atoms with Crippen LogP contribution >= 0.6 is 12.4 Å². The predicted octanol–water partition coefficient (Wildman–Crippen LogP) is 2.44. The molecule has 1 aliphatic heterocycles. The zero-order chi connectivity index (χ0) is 14.1. The van der Waals surface area contributed by atoms with Gasteiger partial charge >= 0.3 is 0 Å². The fourth-order valence-electron chi connectivity index (χ4n) is 2.29. The predicted molar refractivity (Wildman–Crippen MR) is 78.3 cm³/mol. The Balaban J connectivity index is 0.00000161. The van der Waals surface area contributed by atoms with Crippen LogP contribution in [0.25, 0.3) is 0 Å². The van der Waals surface area contributed by atoms with Gasteiger partial charge in [0, 0.05) is 12.6 Å². The maximum atomic E-state index is 14.3. The number of nitrogens with zero attached hydrogens (tertiary/aromatic N) is 1. The highest BCUT2D eigenvalue weighted by Gasteiger charge is 2.19. The van der Waals surface area contributed by atoms with Gasteiger partial charge in [-0.2, -0.15) is 0 Å².